The highest BCUT2D eigenvalue weighted by molar-refractivity contribution is 5.79. The summed E-state index contributed by atoms with van der Waals surface area (Å²) in [4.78, 5) is 27.3. The highest BCUT2D eigenvalue weighted by atomic mass is 16.7. The second-order valence-corrected chi connectivity index (χ2v) is 10.5. The Morgan fingerprint density at radius 2 is 1.68 bits per heavy atom. The fraction of sp³-hybridized carbons (Fsp3) is 0.517. The van der Waals surface area contributed by atoms with Gasteiger partial charge in [-0.2, -0.15) is 0 Å². The van der Waals surface area contributed by atoms with Crippen molar-refractivity contribution < 1.29 is 43.1 Å². The van der Waals surface area contributed by atoms with Crippen LogP contribution in [0.4, 0.5) is 4.79 Å². The number of ether oxygens (including phenoxy) is 6. The van der Waals surface area contributed by atoms with Crippen LogP contribution in [-0.4, -0.2) is 75.4 Å². The molecular formula is C29H34N2O9. The molecule has 40 heavy (non-hydrogen) atoms. The number of nitrogens with zero attached hydrogens (tertiary/aromatic N) is 1. The largest absolute Gasteiger partial charge is 0.502 e. The van der Waals surface area contributed by atoms with E-state index in [0.29, 0.717) is 31.2 Å². The summed E-state index contributed by atoms with van der Waals surface area (Å²) in [6.45, 7) is 3.75. The van der Waals surface area contributed by atoms with Crippen molar-refractivity contribution in [2.45, 2.75) is 37.8 Å². The minimum absolute atomic E-state index is 0.102. The Hall–Kier alpha value is -3.86. The van der Waals surface area contributed by atoms with Gasteiger partial charge in [0.2, 0.25) is 12.5 Å². The third-order valence-electron chi connectivity index (χ3n) is 8.48. The SMILES string of the molecule is CCOC(=O)N1CCC(N[C@@H]2c3cc4c(cc3C(c3cc(OC)c(O)c(OC)c3)C3C(=O)OC[C@@H]32)OCO4)CC1. The number of fused-ring (bicyclic) bond motifs is 3. The first-order valence-corrected chi connectivity index (χ1v) is 13.7. The predicted octanol–water partition coefficient (Wildman–Crippen LogP) is 3.32. The molecule has 2 unspecified atom stereocenters. The van der Waals surface area contributed by atoms with Gasteiger partial charge in [0, 0.05) is 37.0 Å². The Morgan fingerprint density at radius 3 is 2.30 bits per heavy atom. The summed E-state index contributed by atoms with van der Waals surface area (Å²) >= 11 is 0. The van der Waals surface area contributed by atoms with Crippen molar-refractivity contribution in [3.05, 3.63) is 41.0 Å². The van der Waals surface area contributed by atoms with Crippen molar-refractivity contribution in [1.29, 1.82) is 0 Å². The second-order valence-electron chi connectivity index (χ2n) is 10.5. The standard InChI is InChI=1S/C29H34N2O9/c1-4-37-29(34)31-7-5-16(6-8-31)30-26-18-12-21-20(39-14-40-21)11-17(18)24(25-19(26)13-38-28(25)33)15-9-22(35-2)27(32)23(10-15)36-3/h9-12,16,19,24-26,30,32H,4-8,13-14H2,1-3H3/t19-,24?,25?,26+/m0/s1. The van der Waals surface area contributed by atoms with E-state index in [1.807, 2.05) is 12.1 Å². The quantitative estimate of drug-likeness (QED) is 0.514. The first-order chi connectivity index (χ1) is 19.4. The van der Waals surface area contributed by atoms with E-state index in [-0.39, 0.29) is 60.7 Å². The first-order valence-electron chi connectivity index (χ1n) is 13.7. The van der Waals surface area contributed by atoms with Gasteiger partial charge in [-0.3, -0.25) is 4.79 Å². The summed E-state index contributed by atoms with van der Waals surface area (Å²) in [5, 5.41) is 14.4. The number of rotatable bonds is 6. The number of amides is 1. The van der Waals surface area contributed by atoms with Crippen LogP contribution in [0, 0.1) is 11.8 Å². The molecule has 0 saturated carbocycles. The summed E-state index contributed by atoms with van der Waals surface area (Å²) in [6.07, 6.45) is 1.24. The van der Waals surface area contributed by atoms with E-state index in [1.54, 1.807) is 24.0 Å². The lowest BCUT2D eigenvalue weighted by atomic mass is 9.65. The summed E-state index contributed by atoms with van der Waals surface area (Å²) in [5.74, 6) is 0.392. The lowest BCUT2D eigenvalue weighted by Crippen LogP contribution is -2.49. The normalized spacial score (nSPS) is 25.2. The fourth-order valence-corrected chi connectivity index (χ4v) is 6.57. The van der Waals surface area contributed by atoms with Crippen molar-refractivity contribution in [2.75, 3.05) is 47.3 Å². The molecular weight excluding hydrogens is 520 g/mol. The molecule has 1 amide bonds. The van der Waals surface area contributed by atoms with Crippen LogP contribution >= 0.6 is 0 Å². The number of nitrogens with one attached hydrogen (secondary N) is 1. The van der Waals surface area contributed by atoms with Crippen LogP contribution in [0.5, 0.6) is 28.7 Å². The number of methoxy groups -OCH3 is 2. The Balaban J connectivity index is 1.39. The summed E-state index contributed by atoms with van der Waals surface area (Å²) in [6, 6.07) is 7.40. The van der Waals surface area contributed by atoms with E-state index < -0.39 is 11.8 Å². The monoisotopic (exact) mass is 554 g/mol. The zero-order chi connectivity index (χ0) is 28.0. The molecule has 11 heteroatoms. The van der Waals surface area contributed by atoms with E-state index in [0.717, 1.165) is 29.5 Å². The third kappa shape index (κ3) is 4.42. The molecule has 6 rings (SSSR count). The van der Waals surface area contributed by atoms with Crippen LogP contribution in [-0.2, 0) is 14.3 Å². The van der Waals surface area contributed by atoms with E-state index in [1.165, 1.54) is 14.2 Å². The van der Waals surface area contributed by atoms with Gasteiger partial charge in [-0.1, -0.05) is 0 Å². The van der Waals surface area contributed by atoms with E-state index >= 15 is 0 Å². The molecule has 4 atom stereocenters. The molecule has 4 aliphatic rings. The molecule has 2 aromatic rings. The van der Waals surface area contributed by atoms with Gasteiger partial charge in [0.25, 0.3) is 0 Å². The molecule has 2 saturated heterocycles. The van der Waals surface area contributed by atoms with Gasteiger partial charge in [0.05, 0.1) is 33.4 Å². The maximum absolute atomic E-state index is 13.4. The number of phenols is 1. The molecule has 2 fully saturated rings. The minimum Gasteiger partial charge on any atom is -0.502 e. The number of carbonyl (C=O) groups excluding carboxylic acids is 2. The molecule has 0 bridgehead atoms. The predicted molar refractivity (Wildman–Crippen MR) is 141 cm³/mol. The van der Waals surface area contributed by atoms with Crippen LogP contribution in [0.25, 0.3) is 0 Å². The topological polar surface area (TPSA) is 125 Å². The van der Waals surface area contributed by atoms with Gasteiger partial charge in [-0.15, -0.1) is 0 Å². The lowest BCUT2D eigenvalue weighted by Gasteiger charge is -2.42. The van der Waals surface area contributed by atoms with Gasteiger partial charge >= 0.3 is 12.1 Å². The number of hydrogen-bond acceptors (Lipinski definition) is 10. The minimum atomic E-state index is -0.482. The number of likely N-dealkylation sites (tertiary alicyclic amines) is 1. The van der Waals surface area contributed by atoms with Crippen molar-refractivity contribution in [3.8, 4) is 28.7 Å². The highest BCUT2D eigenvalue weighted by Crippen LogP contribution is 2.55. The molecule has 2 aromatic carbocycles. The highest BCUT2D eigenvalue weighted by Gasteiger charge is 2.53. The van der Waals surface area contributed by atoms with E-state index in [4.69, 9.17) is 28.4 Å². The number of phenolic OH excluding ortho intramolecular Hbond substituents is 1. The summed E-state index contributed by atoms with van der Waals surface area (Å²) in [7, 11) is 2.95. The number of piperidine rings is 1. The van der Waals surface area contributed by atoms with Gasteiger partial charge in [0.1, 0.15) is 0 Å². The number of benzene rings is 2. The van der Waals surface area contributed by atoms with Crippen molar-refractivity contribution >= 4 is 12.1 Å². The number of hydrogen-bond donors (Lipinski definition) is 2. The van der Waals surface area contributed by atoms with Crippen LogP contribution in [0.3, 0.4) is 0 Å². The van der Waals surface area contributed by atoms with Crippen molar-refractivity contribution in [1.82, 2.24) is 10.2 Å². The van der Waals surface area contributed by atoms with E-state index in [2.05, 4.69) is 5.32 Å². The van der Waals surface area contributed by atoms with Gasteiger partial charge < -0.3 is 43.7 Å². The zero-order valence-electron chi connectivity index (χ0n) is 22.8. The average Bonchev–Trinajstić information content (AvgIpc) is 3.59. The van der Waals surface area contributed by atoms with Gasteiger partial charge in [-0.25, -0.2) is 4.79 Å². The number of aromatic hydroxyl groups is 1. The maximum Gasteiger partial charge on any atom is 0.409 e. The first kappa shape index (κ1) is 26.4. The summed E-state index contributed by atoms with van der Waals surface area (Å²) in [5.41, 5.74) is 2.69. The Labute approximate surface area is 232 Å². The number of cyclic esters (lactones) is 1. The Kier molecular flexibility index (Phi) is 6.99. The molecule has 2 N–H and O–H groups in total. The summed E-state index contributed by atoms with van der Waals surface area (Å²) < 4.78 is 33.2. The maximum atomic E-state index is 13.4. The zero-order valence-corrected chi connectivity index (χ0v) is 22.8. The van der Waals surface area contributed by atoms with Crippen molar-refractivity contribution in [2.24, 2.45) is 11.8 Å². The van der Waals surface area contributed by atoms with Gasteiger partial charge in [0.15, 0.2) is 23.0 Å². The van der Waals surface area contributed by atoms with E-state index in [9.17, 15) is 14.7 Å². The molecule has 214 valence electrons. The second kappa shape index (κ2) is 10.6. The van der Waals surface area contributed by atoms with Crippen LogP contribution < -0.4 is 24.3 Å². The smallest absolute Gasteiger partial charge is 0.409 e. The molecule has 0 aromatic heterocycles. The molecule has 1 aliphatic carbocycles. The molecule has 3 heterocycles. The lowest BCUT2D eigenvalue weighted by molar-refractivity contribution is -0.141. The molecule has 0 radical (unpaired) electrons. The fourth-order valence-electron chi connectivity index (χ4n) is 6.57. The molecule has 0 spiro atoms. The molecule has 11 nitrogen and oxygen atoms in total. The van der Waals surface area contributed by atoms with Crippen LogP contribution in [0.15, 0.2) is 24.3 Å². The Morgan fingerprint density at radius 1 is 1.02 bits per heavy atom. The van der Waals surface area contributed by atoms with Gasteiger partial charge in [-0.05, 0) is 60.7 Å². The molecule has 3 aliphatic heterocycles. The van der Waals surface area contributed by atoms with Crippen LogP contribution in [0.1, 0.15) is 48.4 Å². The average molecular weight is 555 g/mol. The number of esters is 1. The Bertz CT molecular complexity index is 1280. The van der Waals surface area contributed by atoms with Crippen LogP contribution in [0.2, 0.25) is 0 Å². The van der Waals surface area contributed by atoms with Crippen molar-refractivity contribution in [3.63, 3.8) is 0 Å². The third-order valence-corrected chi connectivity index (χ3v) is 8.48. The number of carbonyl (C=O) groups is 2.